The molecule has 4 N–H and O–H groups in total. The fourth-order valence-electron chi connectivity index (χ4n) is 2.79. The summed E-state index contributed by atoms with van der Waals surface area (Å²) in [4.78, 5) is 27.6. The minimum atomic E-state index is -0.551. The molecule has 0 saturated heterocycles. The highest BCUT2D eigenvalue weighted by molar-refractivity contribution is 5.78. The van der Waals surface area contributed by atoms with E-state index in [0.29, 0.717) is 6.54 Å². The lowest BCUT2D eigenvalue weighted by atomic mass is 9.97. The Labute approximate surface area is 155 Å². The molecule has 0 bridgehead atoms. The van der Waals surface area contributed by atoms with Gasteiger partial charge in [-0.05, 0) is 34.7 Å². The largest absolute Gasteiger partial charge is 0.493 e. The number of imidazole rings is 1. The number of carbonyl (C=O) groups is 1. The monoisotopic (exact) mass is 369 g/mol. The number of aromatic amines is 2. The SMILES string of the molecule is CC(CNC(=O)Cc1[nH]c(=O)[nH]c1O)c1ccc(-c2ccc(F)cc2)cc1. The molecule has 1 aromatic heterocycles. The van der Waals surface area contributed by atoms with Crippen LogP contribution in [-0.4, -0.2) is 27.5 Å². The number of H-pyrrole nitrogens is 2. The molecule has 0 fully saturated rings. The summed E-state index contributed by atoms with van der Waals surface area (Å²) in [5, 5.41) is 12.3. The van der Waals surface area contributed by atoms with Gasteiger partial charge in [-0.15, -0.1) is 0 Å². The average Bonchev–Trinajstić information content (AvgIpc) is 2.97. The molecule has 7 heteroatoms. The molecule has 0 aliphatic heterocycles. The number of amides is 1. The lowest BCUT2D eigenvalue weighted by Gasteiger charge is -2.14. The van der Waals surface area contributed by atoms with E-state index in [2.05, 4.69) is 15.3 Å². The molecule has 0 spiro atoms. The molecular weight excluding hydrogens is 349 g/mol. The van der Waals surface area contributed by atoms with E-state index in [1.165, 1.54) is 12.1 Å². The molecule has 0 saturated carbocycles. The van der Waals surface area contributed by atoms with Crippen LogP contribution in [0.5, 0.6) is 5.88 Å². The first-order chi connectivity index (χ1) is 12.9. The van der Waals surface area contributed by atoms with Crippen LogP contribution in [0, 0.1) is 5.82 Å². The third-order valence-corrected chi connectivity index (χ3v) is 4.38. The second kappa shape index (κ2) is 7.90. The number of hydrogen-bond acceptors (Lipinski definition) is 3. The Morgan fingerprint density at radius 1 is 1.07 bits per heavy atom. The van der Waals surface area contributed by atoms with Gasteiger partial charge in [0.2, 0.25) is 11.8 Å². The number of carbonyl (C=O) groups excluding carboxylic acids is 1. The van der Waals surface area contributed by atoms with Crippen molar-refractivity contribution in [1.29, 1.82) is 0 Å². The van der Waals surface area contributed by atoms with Gasteiger partial charge in [0.25, 0.3) is 0 Å². The summed E-state index contributed by atoms with van der Waals surface area (Å²) in [7, 11) is 0. The van der Waals surface area contributed by atoms with Gasteiger partial charge in [-0.1, -0.05) is 43.3 Å². The predicted octanol–water partition coefficient (Wildman–Crippen LogP) is 2.68. The van der Waals surface area contributed by atoms with Gasteiger partial charge in [0.05, 0.1) is 12.1 Å². The molecule has 0 aliphatic rings. The fraction of sp³-hybridized carbons (Fsp3) is 0.200. The van der Waals surface area contributed by atoms with E-state index in [0.717, 1.165) is 16.7 Å². The third-order valence-electron chi connectivity index (χ3n) is 4.38. The van der Waals surface area contributed by atoms with Crippen LogP contribution in [0.2, 0.25) is 0 Å². The summed E-state index contributed by atoms with van der Waals surface area (Å²) in [5.41, 5.74) is 2.59. The van der Waals surface area contributed by atoms with E-state index in [-0.39, 0.29) is 35.6 Å². The van der Waals surface area contributed by atoms with Crippen LogP contribution in [-0.2, 0) is 11.2 Å². The number of rotatable bonds is 6. The predicted molar refractivity (Wildman–Crippen MR) is 100 cm³/mol. The molecule has 2 aromatic carbocycles. The topological polar surface area (TPSA) is 98.0 Å². The van der Waals surface area contributed by atoms with Gasteiger partial charge in [-0.2, -0.15) is 0 Å². The molecule has 1 atom stereocenters. The average molecular weight is 369 g/mol. The number of aromatic hydroxyl groups is 1. The van der Waals surface area contributed by atoms with Crippen LogP contribution in [0.4, 0.5) is 4.39 Å². The first-order valence-corrected chi connectivity index (χ1v) is 8.55. The number of hydrogen-bond donors (Lipinski definition) is 4. The summed E-state index contributed by atoms with van der Waals surface area (Å²) >= 11 is 0. The number of halogens is 1. The Hall–Kier alpha value is -3.35. The van der Waals surface area contributed by atoms with Crippen LogP contribution in [0.15, 0.2) is 53.3 Å². The summed E-state index contributed by atoms with van der Waals surface area (Å²) in [5.74, 6) is -0.804. The van der Waals surface area contributed by atoms with E-state index in [1.54, 1.807) is 12.1 Å². The van der Waals surface area contributed by atoms with E-state index in [1.807, 2.05) is 31.2 Å². The maximum absolute atomic E-state index is 13.0. The van der Waals surface area contributed by atoms with Crippen molar-refractivity contribution in [1.82, 2.24) is 15.3 Å². The smallest absolute Gasteiger partial charge is 0.325 e. The second-order valence-corrected chi connectivity index (χ2v) is 6.42. The molecule has 1 amide bonds. The van der Waals surface area contributed by atoms with Crippen molar-refractivity contribution in [3.8, 4) is 17.0 Å². The maximum atomic E-state index is 13.0. The van der Waals surface area contributed by atoms with E-state index in [4.69, 9.17) is 0 Å². The first kappa shape index (κ1) is 18.4. The molecule has 0 aliphatic carbocycles. The van der Waals surface area contributed by atoms with Crippen molar-refractivity contribution >= 4 is 5.91 Å². The zero-order valence-corrected chi connectivity index (χ0v) is 14.8. The minimum absolute atomic E-state index is 0.0788. The highest BCUT2D eigenvalue weighted by atomic mass is 19.1. The highest BCUT2D eigenvalue weighted by Crippen LogP contribution is 2.23. The Morgan fingerprint density at radius 3 is 2.22 bits per heavy atom. The van der Waals surface area contributed by atoms with Crippen LogP contribution >= 0.6 is 0 Å². The first-order valence-electron chi connectivity index (χ1n) is 8.55. The van der Waals surface area contributed by atoms with Gasteiger partial charge in [-0.25, -0.2) is 9.18 Å². The van der Waals surface area contributed by atoms with E-state index >= 15 is 0 Å². The molecule has 27 heavy (non-hydrogen) atoms. The molecule has 140 valence electrons. The normalized spacial score (nSPS) is 11.9. The molecule has 0 radical (unpaired) electrons. The molecule has 3 rings (SSSR count). The van der Waals surface area contributed by atoms with Crippen molar-refractivity contribution in [2.24, 2.45) is 0 Å². The number of benzene rings is 2. The van der Waals surface area contributed by atoms with Gasteiger partial charge < -0.3 is 15.4 Å². The summed E-state index contributed by atoms with van der Waals surface area (Å²) in [6.45, 7) is 2.41. The zero-order chi connectivity index (χ0) is 19.4. The van der Waals surface area contributed by atoms with Crippen molar-refractivity contribution < 1.29 is 14.3 Å². The van der Waals surface area contributed by atoms with Crippen molar-refractivity contribution in [2.45, 2.75) is 19.3 Å². The zero-order valence-electron chi connectivity index (χ0n) is 14.8. The Morgan fingerprint density at radius 2 is 1.67 bits per heavy atom. The number of nitrogens with one attached hydrogen (secondary N) is 3. The van der Waals surface area contributed by atoms with Gasteiger partial charge in [0.1, 0.15) is 5.82 Å². The molecule has 3 aromatic rings. The summed E-state index contributed by atoms with van der Waals surface area (Å²) in [6.07, 6.45) is -0.110. The lowest BCUT2D eigenvalue weighted by Crippen LogP contribution is -2.29. The van der Waals surface area contributed by atoms with Crippen molar-refractivity contribution in [2.75, 3.05) is 6.54 Å². The Bertz CT molecular complexity index is 975. The minimum Gasteiger partial charge on any atom is -0.493 e. The van der Waals surface area contributed by atoms with Crippen LogP contribution in [0.25, 0.3) is 11.1 Å². The van der Waals surface area contributed by atoms with Gasteiger partial charge in [0.15, 0.2) is 0 Å². The second-order valence-electron chi connectivity index (χ2n) is 6.42. The number of aromatic nitrogens is 2. The van der Waals surface area contributed by atoms with Crippen molar-refractivity contribution in [3.63, 3.8) is 0 Å². The van der Waals surface area contributed by atoms with Crippen LogP contribution < -0.4 is 11.0 Å². The Balaban J connectivity index is 1.56. The highest BCUT2D eigenvalue weighted by Gasteiger charge is 2.13. The van der Waals surface area contributed by atoms with E-state index in [9.17, 15) is 19.1 Å². The van der Waals surface area contributed by atoms with E-state index < -0.39 is 5.69 Å². The molecular formula is C20H20FN3O3. The lowest BCUT2D eigenvalue weighted by molar-refractivity contribution is -0.120. The van der Waals surface area contributed by atoms with Gasteiger partial charge in [-0.3, -0.25) is 9.78 Å². The maximum Gasteiger partial charge on any atom is 0.325 e. The molecule has 1 unspecified atom stereocenters. The fourth-order valence-corrected chi connectivity index (χ4v) is 2.79. The Kier molecular flexibility index (Phi) is 5.40. The van der Waals surface area contributed by atoms with Gasteiger partial charge >= 0.3 is 5.69 Å². The van der Waals surface area contributed by atoms with Gasteiger partial charge in [0, 0.05) is 6.54 Å². The van der Waals surface area contributed by atoms with Crippen LogP contribution in [0.3, 0.4) is 0 Å². The summed E-state index contributed by atoms with van der Waals surface area (Å²) in [6, 6.07) is 14.2. The molecule has 6 nitrogen and oxygen atoms in total. The quantitative estimate of drug-likeness (QED) is 0.538. The van der Waals surface area contributed by atoms with Crippen LogP contribution in [0.1, 0.15) is 24.1 Å². The standard InChI is InChI=1S/C20H20FN3O3/c1-12(11-22-18(25)10-17-19(26)24-20(27)23-17)13-2-4-14(5-3-13)15-6-8-16(21)9-7-15/h2-9,12,26H,10-11H2,1H3,(H,22,25)(H2,23,24,27). The summed E-state index contributed by atoms with van der Waals surface area (Å²) < 4.78 is 13.0. The third kappa shape index (κ3) is 4.63. The van der Waals surface area contributed by atoms with Crippen molar-refractivity contribution in [3.05, 3.63) is 76.1 Å². The molecule has 1 heterocycles.